The molecule has 0 amide bonds. The molecule has 0 rings (SSSR count). The highest BCUT2D eigenvalue weighted by molar-refractivity contribution is 4.74. The maximum atomic E-state index is 3.81. The molecule has 0 aliphatic heterocycles. The smallest absolute Gasteiger partial charge is 0.0140 e. The Bertz CT molecular complexity index is 336. The Morgan fingerprint density at radius 3 is 1.69 bits per heavy atom. The minimum atomic E-state index is 0.952. The summed E-state index contributed by atoms with van der Waals surface area (Å²) in [5.74, 6) is 0.952. The molecule has 0 bridgehead atoms. The van der Waals surface area contributed by atoms with Gasteiger partial charge in [0, 0.05) is 13.6 Å². The fourth-order valence-corrected chi connectivity index (χ4v) is 2.83. The van der Waals surface area contributed by atoms with Crippen molar-refractivity contribution in [2.24, 2.45) is 5.92 Å². The fraction of sp³-hybridized carbons (Fsp3) is 0.679. The number of unbranched alkanes of at least 4 members (excludes halogenated alkanes) is 7. The molecule has 0 spiro atoms. The zero-order chi connectivity index (χ0) is 23.2. The molecule has 0 aromatic rings. The van der Waals surface area contributed by atoms with Gasteiger partial charge >= 0.3 is 0 Å². The summed E-state index contributed by atoms with van der Waals surface area (Å²) in [7, 11) is 2.06. The first-order chi connectivity index (χ1) is 14.1. The van der Waals surface area contributed by atoms with E-state index in [4.69, 9.17) is 0 Å². The van der Waals surface area contributed by atoms with Crippen molar-refractivity contribution in [1.82, 2.24) is 4.90 Å². The molecular weight excluding hydrogens is 350 g/mol. The van der Waals surface area contributed by atoms with Gasteiger partial charge in [0.25, 0.3) is 0 Å². The molecule has 0 saturated carbocycles. The number of hydrogen-bond acceptors (Lipinski definition) is 1. The standard InChI is InChI=1S/C17H34.C6H13N.C3H4.C2H4/c1-4-7-9-10-11-12-13-14-16-17(6-3)15-8-5-2;1-4-6-7(3)5-2;1-3-2;1-2/h5,17H,2,4,6-16H2,1,3H3;4,6H,5H2,1-3H3;1-2H2;1-2H2/b;6-4-;;. The summed E-state index contributed by atoms with van der Waals surface area (Å²) < 4.78 is 0. The van der Waals surface area contributed by atoms with Crippen LogP contribution in [0.15, 0.2) is 57.0 Å². The summed E-state index contributed by atoms with van der Waals surface area (Å²) in [4.78, 5) is 2.12. The largest absolute Gasteiger partial charge is 0.381 e. The van der Waals surface area contributed by atoms with Crippen LogP contribution < -0.4 is 0 Å². The van der Waals surface area contributed by atoms with Gasteiger partial charge in [-0.1, -0.05) is 103 Å². The molecule has 1 nitrogen and oxygen atoms in total. The normalized spacial score (nSPS) is 10.2. The first-order valence-corrected chi connectivity index (χ1v) is 11.8. The summed E-state index contributed by atoms with van der Waals surface area (Å²) in [6, 6.07) is 0. The number of nitrogens with zero attached hydrogens (tertiary/aromatic N) is 1. The molecule has 172 valence electrons. The van der Waals surface area contributed by atoms with E-state index in [1.807, 2.05) is 13.0 Å². The molecule has 0 aliphatic rings. The number of hydrogen-bond donors (Lipinski definition) is 0. The molecule has 0 fully saturated rings. The van der Waals surface area contributed by atoms with E-state index in [0.717, 1.165) is 12.5 Å². The lowest BCUT2D eigenvalue weighted by molar-refractivity contribution is 0.414. The van der Waals surface area contributed by atoms with Gasteiger partial charge in [-0.05, 0) is 38.8 Å². The second-order valence-electron chi connectivity index (χ2n) is 7.21. The second kappa shape index (κ2) is 37.3. The van der Waals surface area contributed by atoms with Crippen molar-refractivity contribution in [1.29, 1.82) is 0 Å². The third-order valence-electron chi connectivity index (χ3n) is 4.72. The minimum absolute atomic E-state index is 0.952. The van der Waals surface area contributed by atoms with Crippen LogP contribution in [-0.4, -0.2) is 18.5 Å². The Kier molecular flexibility index (Phi) is 45.0. The van der Waals surface area contributed by atoms with Crippen molar-refractivity contribution in [2.75, 3.05) is 13.6 Å². The molecule has 1 atom stereocenters. The van der Waals surface area contributed by atoms with Gasteiger partial charge in [-0.2, -0.15) is 0 Å². The minimum Gasteiger partial charge on any atom is -0.381 e. The highest BCUT2D eigenvalue weighted by atomic mass is 15.1. The highest BCUT2D eigenvalue weighted by Crippen LogP contribution is 2.20. The molecule has 0 heterocycles. The predicted molar refractivity (Wildman–Crippen MR) is 140 cm³/mol. The van der Waals surface area contributed by atoms with Crippen molar-refractivity contribution in [3.8, 4) is 0 Å². The van der Waals surface area contributed by atoms with Gasteiger partial charge in [0.2, 0.25) is 0 Å². The van der Waals surface area contributed by atoms with E-state index in [-0.39, 0.29) is 0 Å². The molecule has 0 radical (unpaired) electrons. The Morgan fingerprint density at radius 1 is 0.862 bits per heavy atom. The quantitative estimate of drug-likeness (QED) is 0.149. The molecule has 0 aromatic carbocycles. The van der Waals surface area contributed by atoms with Gasteiger partial charge in [0.1, 0.15) is 0 Å². The zero-order valence-electron chi connectivity index (χ0n) is 21.0. The SMILES string of the molecule is C/C=C\N(C)CC.C=C.C=C=C.C=CCCC(CC)CCCCCCCCCC. The molecular formula is C28H55N. The Hall–Kier alpha value is -1.46. The first kappa shape index (κ1) is 35.0. The van der Waals surface area contributed by atoms with Crippen LogP contribution in [0, 0.1) is 5.92 Å². The van der Waals surface area contributed by atoms with Crippen molar-refractivity contribution >= 4 is 0 Å². The van der Waals surface area contributed by atoms with Crippen LogP contribution in [0.2, 0.25) is 0 Å². The van der Waals surface area contributed by atoms with Gasteiger partial charge in [-0.3, -0.25) is 0 Å². The average molecular weight is 406 g/mol. The van der Waals surface area contributed by atoms with Crippen LogP contribution in [0.3, 0.4) is 0 Å². The van der Waals surface area contributed by atoms with Crippen molar-refractivity contribution in [3.63, 3.8) is 0 Å². The third kappa shape index (κ3) is 41.9. The van der Waals surface area contributed by atoms with Crippen LogP contribution in [0.25, 0.3) is 0 Å². The third-order valence-corrected chi connectivity index (χ3v) is 4.72. The van der Waals surface area contributed by atoms with E-state index >= 15 is 0 Å². The zero-order valence-corrected chi connectivity index (χ0v) is 21.0. The average Bonchev–Trinajstić information content (AvgIpc) is 2.74. The Balaban J connectivity index is -0.000000215. The van der Waals surface area contributed by atoms with Crippen LogP contribution >= 0.6 is 0 Å². The van der Waals surface area contributed by atoms with Crippen LogP contribution in [-0.2, 0) is 0 Å². The van der Waals surface area contributed by atoms with E-state index in [2.05, 4.69) is 83.6 Å². The lowest BCUT2D eigenvalue weighted by atomic mass is 9.93. The van der Waals surface area contributed by atoms with Gasteiger partial charge in [-0.15, -0.1) is 25.5 Å². The maximum Gasteiger partial charge on any atom is 0.0140 e. The van der Waals surface area contributed by atoms with Crippen molar-refractivity contribution in [3.05, 3.63) is 57.0 Å². The molecule has 29 heavy (non-hydrogen) atoms. The Morgan fingerprint density at radius 2 is 1.34 bits per heavy atom. The summed E-state index contributed by atoms with van der Waals surface area (Å²) in [6.07, 6.45) is 23.0. The van der Waals surface area contributed by atoms with E-state index in [9.17, 15) is 0 Å². The predicted octanol–water partition coefficient (Wildman–Crippen LogP) is 9.74. The summed E-state index contributed by atoms with van der Waals surface area (Å²) in [5, 5.41) is 0. The monoisotopic (exact) mass is 405 g/mol. The lowest BCUT2D eigenvalue weighted by Crippen LogP contribution is -2.07. The number of allylic oxidation sites excluding steroid dienone is 2. The molecule has 0 aliphatic carbocycles. The molecule has 0 N–H and O–H groups in total. The highest BCUT2D eigenvalue weighted by Gasteiger charge is 2.04. The molecule has 0 aromatic heterocycles. The van der Waals surface area contributed by atoms with Crippen molar-refractivity contribution in [2.45, 2.75) is 105 Å². The molecule has 0 saturated heterocycles. The van der Waals surface area contributed by atoms with Gasteiger partial charge in [0.05, 0.1) is 0 Å². The Labute approximate surface area is 186 Å². The molecule has 1 heteroatoms. The van der Waals surface area contributed by atoms with E-state index in [1.54, 1.807) is 0 Å². The van der Waals surface area contributed by atoms with Crippen molar-refractivity contribution < 1.29 is 0 Å². The van der Waals surface area contributed by atoms with Crippen LogP contribution in [0.4, 0.5) is 0 Å². The summed E-state index contributed by atoms with van der Waals surface area (Å²) in [6.45, 7) is 25.9. The van der Waals surface area contributed by atoms with Gasteiger partial charge in [-0.25, -0.2) is 0 Å². The van der Waals surface area contributed by atoms with Gasteiger partial charge in [0.15, 0.2) is 0 Å². The van der Waals surface area contributed by atoms with E-state index in [0.29, 0.717) is 0 Å². The van der Waals surface area contributed by atoms with Gasteiger partial charge < -0.3 is 4.90 Å². The number of rotatable bonds is 15. The van der Waals surface area contributed by atoms with Crippen LogP contribution in [0.1, 0.15) is 105 Å². The summed E-state index contributed by atoms with van der Waals surface area (Å²) >= 11 is 0. The topological polar surface area (TPSA) is 3.24 Å². The fourth-order valence-electron chi connectivity index (χ4n) is 2.83. The molecule has 1 unspecified atom stereocenters. The maximum absolute atomic E-state index is 3.81. The lowest BCUT2D eigenvalue weighted by Gasteiger charge is -2.13. The second-order valence-corrected chi connectivity index (χ2v) is 7.21. The first-order valence-electron chi connectivity index (χ1n) is 11.8. The van der Waals surface area contributed by atoms with E-state index < -0.39 is 0 Å². The van der Waals surface area contributed by atoms with E-state index in [1.165, 1.54) is 77.0 Å². The summed E-state index contributed by atoms with van der Waals surface area (Å²) in [5.41, 5.74) is 2.25. The van der Waals surface area contributed by atoms with Crippen LogP contribution in [0.5, 0.6) is 0 Å².